The van der Waals surface area contributed by atoms with E-state index in [9.17, 15) is 55.9 Å². The van der Waals surface area contributed by atoms with Gasteiger partial charge in [0.15, 0.2) is 12.6 Å². The van der Waals surface area contributed by atoms with Crippen molar-refractivity contribution in [3.8, 4) is 0 Å². The summed E-state index contributed by atoms with van der Waals surface area (Å²) in [7, 11) is 0. The lowest BCUT2D eigenvalue weighted by Crippen LogP contribution is -2.66. The first-order valence-corrected chi connectivity index (χ1v) is 13.8. The molecule has 4 rings (SSSR count). The Morgan fingerprint density at radius 1 is 0.750 bits per heavy atom. The van der Waals surface area contributed by atoms with E-state index in [1.165, 1.54) is 6.08 Å². The molecule has 3 fully saturated rings. The van der Waals surface area contributed by atoms with E-state index in [0.29, 0.717) is 5.56 Å². The van der Waals surface area contributed by atoms with Crippen LogP contribution >= 0.6 is 0 Å². The van der Waals surface area contributed by atoms with Crippen LogP contribution in [-0.2, 0) is 33.2 Å². The van der Waals surface area contributed by atoms with E-state index >= 15 is 0 Å². The Hall–Kier alpha value is -2.17. The maximum absolute atomic E-state index is 12.5. The van der Waals surface area contributed by atoms with Crippen LogP contribution in [0, 0.1) is 0 Å². The molecule has 17 nitrogen and oxygen atoms in total. The van der Waals surface area contributed by atoms with E-state index in [1.807, 2.05) is 0 Å². The zero-order chi connectivity index (χ0) is 32.2. The summed E-state index contributed by atoms with van der Waals surface area (Å²) in [5.41, 5.74) is 0.662. The van der Waals surface area contributed by atoms with Crippen LogP contribution in [0.5, 0.6) is 0 Å². The van der Waals surface area contributed by atoms with E-state index in [1.54, 1.807) is 30.3 Å². The molecule has 0 aromatic heterocycles. The second-order valence-electron chi connectivity index (χ2n) is 10.6. The summed E-state index contributed by atoms with van der Waals surface area (Å²) >= 11 is 0. The van der Waals surface area contributed by atoms with Crippen LogP contribution in [0.2, 0.25) is 0 Å². The van der Waals surface area contributed by atoms with Crippen LogP contribution in [-0.4, -0.2) is 169 Å². The Morgan fingerprint density at radius 2 is 1.34 bits per heavy atom. The minimum atomic E-state index is -2.49. The van der Waals surface area contributed by atoms with Gasteiger partial charge in [-0.1, -0.05) is 30.3 Å². The number of aliphatic hydroxyl groups is 10. The molecule has 0 bridgehead atoms. The molecule has 17 heteroatoms. The van der Waals surface area contributed by atoms with Gasteiger partial charge in [-0.15, -0.1) is 0 Å². The quantitative estimate of drug-likeness (QED) is 0.0804. The Kier molecular flexibility index (Phi) is 11.8. The molecule has 44 heavy (non-hydrogen) atoms. The lowest BCUT2D eigenvalue weighted by atomic mass is 9.97. The molecule has 0 amide bonds. The highest BCUT2D eigenvalue weighted by Gasteiger charge is 2.60. The highest BCUT2D eigenvalue weighted by atomic mass is 16.8. The van der Waals surface area contributed by atoms with Crippen molar-refractivity contribution >= 4 is 12.0 Å². The summed E-state index contributed by atoms with van der Waals surface area (Å²) < 4.78 is 33.1. The lowest BCUT2D eigenvalue weighted by molar-refractivity contribution is -0.408. The minimum Gasteiger partial charge on any atom is -0.457 e. The van der Waals surface area contributed by atoms with Gasteiger partial charge in [-0.25, -0.2) is 4.79 Å². The summed E-state index contributed by atoms with van der Waals surface area (Å²) in [6.45, 7) is -3.41. The average molecular weight is 635 g/mol. The molecule has 3 aliphatic rings. The van der Waals surface area contributed by atoms with Crippen LogP contribution in [0.3, 0.4) is 0 Å². The van der Waals surface area contributed by atoms with Gasteiger partial charge in [0.2, 0.25) is 5.79 Å². The summed E-state index contributed by atoms with van der Waals surface area (Å²) in [6.07, 6.45) is -20.7. The predicted molar refractivity (Wildman–Crippen MR) is 141 cm³/mol. The van der Waals surface area contributed by atoms with Gasteiger partial charge in [-0.3, -0.25) is 0 Å². The molecule has 1 aromatic rings. The summed E-state index contributed by atoms with van der Waals surface area (Å²) in [4.78, 5) is 12.5. The maximum atomic E-state index is 12.5. The molecule has 0 unspecified atom stereocenters. The number of hydrogen-bond donors (Lipinski definition) is 10. The topological polar surface area (TPSA) is 275 Å². The van der Waals surface area contributed by atoms with E-state index in [-0.39, 0.29) is 0 Å². The second kappa shape index (κ2) is 14.9. The number of carbonyl (C=O) groups is 1. The molecule has 3 aliphatic heterocycles. The molecular weight excluding hydrogens is 596 g/mol. The Morgan fingerprint density at radius 3 is 1.93 bits per heavy atom. The third-order valence-corrected chi connectivity index (χ3v) is 7.59. The van der Waals surface area contributed by atoms with Crippen molar-refractivity contribution < 1.29 is 84.3 Å². The Balaban J connectivity index is 1.59. The van der Waals surface area contributed by atoms with Gasteiger partial charge in [0.25, 0.3) is 0 Å². The van der Waals surface area contributed by atoms with Gasteiger partial charge in [0.05, 0.1) is 19.8 Å². The van der Waals surface area contributed by atoms with Crippen molar-refractivity contribution in [2.45, 2.75) is 85.5 Å². The fourth-order valence-corrected chi connectivity index (χ4v) is 5.03. The predicted octanol–water partition coefficient (Wildman–Crippen LogP) is -5.31. The maximum Gasteiger partial charge on any atom is 0.330 e. The molecule has 0 spiro atoms. The molecular formula is C27H38O17. The van der Waals surface area contributed by atoms with Gasteiger partial charge < -0.3 is 79.5 Å². The van der Waals surface area contributed by atoms with Crippen molar-refractivity contribution in [3.05, 3.63) is 42.0 Å². The molecule has 3 heterocycles. The number of rotatable bonds is 11. The first-order chi connectivity index (χ1) is 21.0. The van der Waals surface area contributed by atoms with E-state index in [4.69, 9.17) is 28.4 Å². The van der Waals surface area contributed by atoms with Crippen LogP contribution in [0.4, 0.5) is 0 Å². The van der Waals surface area contributed by atoms with Crippen molar-refractivity contribution in [1.29, 1.82) is 0 Å². The molecule has 0 aliphatic carbocycles. The number of aliphatic hydroxyl groups excluding tert-OH is 10. The van der Waals surface area contributed by atoms with Crippen molar-refractivity contribution in [2.75, 3.05) is 26.4 Å². The number of hydrogen-bond acceptors (Lipinski definition) is 17. The van der Waals surface area contributed by atoms with Crippen molar-refractivity contribution in [3.63, 3.8) is 0 Å². The van der Waals surface area contributed by atoms with E-state index < -0.39 is 118 Å². The number of carbonyl (C=O) groups excluding carboxylic acids is 1. The standard InChI is InChI=1S/C27H38O17/c28-8-13-17(32)20(35)22(37)25(40-13)42-23-21(36)18(33)14(9-29)41-26(23)44-27(24(38)19(34)15(10-30)43-27)11-39-16(31)7-6-12-4-2-1-3-5-12/h1-7,13-15,17-26,28-30,32-38H,8-11H2/t13-,14+,15+,17+,18+,19+,20+,21-,22+,23+,24-,25+,26-,27+/m0/s1. The minimum absolute atomic E-state index is 0.662. The summed E-state index contributed by atoms with van der Waals surface area (Å²) in [5.74, 6) is -3.43. The third kappa shape index (κ3) is 7.28. The van der Waals surface area contributed by atoms with E-state index in [0.717, 1.165) is 6.08 Å². The number of ether oxygens (including phenoxy) is 6. The smallest absolute Gasteiger partial charge is 0.330 e. The van der Waals surface area contributed by atoms with Gasteiger partial charge in [-0.2, -0.15) is 0 Å². The molecule has 0 saturated carbocycles. The lowest BCUT2D eigenvalue weighted by Gasteiger charge is -2.47. The first-order valence-electron chi connectivity index (χ1n) is 13.8. The zero-order valence-electron chi connectivity index (χ0n) is 23.2. The third-order valence-electron chi connectivity index (χ3n) is 7.59. The number of benzene rings is 1. The Labute approximate surface area is 250 Å². The highest BCUT2D eigenvalue weighted by Crippen LogP contribution is 2.38. The normalized spacial score (nSPS) is 42.9. The zero-order valence-corrected chi connectivity index (χ0v) is 23.2. The monoisotopic (exact) mass is 634 g/mol. The van der Waals surface area contributed by atoms with Crippen LogP contribution < -0.4 is 0 Å². The second-order valence-corrected chi connectivity index (χ2v) is 10.6. The largest absolute Gasteiger partial charge is 0.457 e. The highest BCUT2D eigenvalue weighted by molar-refractivity contribution is 5.87. The molecule has 3 saturated heterocycles. The average Bonchev–Trinajstić information content (AvgIpc) is 3.27. The molecule has 14 atom stereocenters. The van der Waals surface area contributed by atoms with Gasteiger partial charge in [-0.05, 0) is 11.6 Å². The summed E-state index contributed by atoms with van der Waals surface area (Å²) in [5, 5.41) is 102. The van der Waals surface area contributed by atoms with Crippen LogP contribution in [0.25, 0.3) is 6.08 Å². The fourth-order valence-electron chi connectivity index (χ4n) is 5.03. The molecule has 0 radical (unpaired) electrons. The Bertz CT molecular complexity index is 1090. The van der Waals surface area contributed by atoms with Crippen molar-refractivity contribution in [2.24, 2.45) is 0 Å². The summed E-state index contributed by atoms with van der Waals surface area (Å²) in [6, 6.07) is 8.69. The van der Waals surface area contributed by atoms with Gasteiger partial charge >= 0.3 is 5.97 Å². The first kappa shape index (κ1) is 34.7. The van der Waals surface area contributed by atoms with E-state index in [2.05, 4.69) is 0 Å². The SMILES string of the molecule is O=C(C=Cc1ccccc1)OC[C@]1(O[C@@H]2O[C@H](CO)[C@@H](O)[C@H](O)[C@H]2O[C@H]2O[C@@H](CO)[C@@H](O)[C@@H](O)[C@H]2O)O[C@H](CO)[C@@H](O)[C@@H]1O. The molecule has 10 N–H and O–H groups in total. The van der Waals surface area contributed by atoms with Crippen LogP contribution in [0.1, 0.15) is 5.56 Å². The van der Waals surface area contributed by atoms with Gasteiger partial charge in [0, 0.05) is 6.08 Å². The van der Waals surface area contributed by atoms with Crippen molar-refractivity contribution in [1.82, 2.24) is 0 Å². The van der Waals surface area contributed by atoms with Gasteiger partial charge in [0.1, 0.15) is 73.8 Å². The fraction of sp³-hybridized carbons (Fsp3) is 0.667. The molecule has 248 valence electrons. The number of esters is 1. The molecule has 1 aromatic carbocycles. The van der Waals surface area contributed by atoms with Crippen LogP contribution in [0.15, 0.2) is 36.4 Å².